The van der Waals surface area contributed by atoms with E-state index in [9.17, 15) is 8.78 Å². The van der Waals surface area contributed by atoms with Gasteiger partial charge in [-0.3, -0.25) is 0 Å². The number of halogens is 2. The Balaban J connectivity index is 3.25. The number of hydrogen-bond acceptors (Lipinski definition) is 1. The summed E-state index contributed by atoms with van der Waals surface area (Å²) < 4.78 is 24.7. The fraction of sp³-hybridized carbons (Fsp3) is 0. The van der Waals surface area contributed by atoms with E-state index in [-0.39, 0.29) is 3.27 Å². The van der Waals surface area contributed by atoms with Gasteiger partial charge in [0, 0.05) is 0 Å². The first-order valence-corrected chi connectivity index (χ1v) is 3.63. The van der Waals surface area contributed by atoms with E-state index >= 15 is 0 Å². The molecule has 1 rings (SSSR count). The molecular weight excluding hydrogens is 322 g/mol. The predicted octanol–water partition coefficient (Wildman–Crippen LogP) is 0.534. The summed E-state index contributed by atoms with van der Waals surface area (Å²) in [6, 6.07) is 0. The number of rotatable bonds is 0. The average Bonchev–Trinajstić information content (AvgIpc) is 1.83. The molecule has 0 unspecified atom stereocenters. The summed E-state index contributed by atoms with van der Waals surface area (Å²) in [7, 11) is 0. The monoisotopic (exact) mass is 324 g/mol. The summed E-state index contributed by atoms with van der Waals surface area (Å²) in [5.41, 5.74) is 0. The molecule has 0 saturated carbocycles. The van der Waals surface area contributed by atoms with Crippen LogP contribution in [0.5, 0.6) is 0 Å². The fourth-order valence-electron chi connectivity index (χ4n) is 0.396. The first-order chi connectivity index (χ1) is 4.22. The van der Waals surface area contributed by atoms with Crippen molar-refractivity contribution in [3.63, 3.8) is 0 Å². The van der Waals surface area contributed by atoms with Gasteiger partial charge < -0.3 is 0 Å². The topological polar surface area (TPSA) is 12.9 Å². The number of hydrogen-bond donors (Lipinski definition) is 0. The second-order valence-electron chi connectivity index (χ2n) is 1.42. The molecule has 1 heterocycles. The molecule has 0 aliphatic heterocycles. The Labute approximate surface area is 66.0 Å². The zero-order chi connectivity index (χ0) is 6.85. The Morgan fingerprint density at radius 1 is 1.22 bits per heavy atom. The normalized spacial score (nSPS) is 9.67. The van der Waals surface area contributed by atoms with Gasteiger partial charge in [0.1, 0.15) is 0 Å². The summed E-state index contributed by atoms with van der Waals surface area (Å²) in [5, 5.41) is 0. The maximum atomic E-state index is 12.3. The molecule has 0 fully saturated rings. The van der Waals surface area contributed by atoms with E-state index < -0.39 is 11.6 Å². The van der Waals surface area contributed by atoms with Crippen molar-refractivity contribution < 1.29 is 33.5 Å². The summed E-state index contributed by atoms with van der Waals surface area (Å²) in [4.78, 5) is 3.30. The average molecular weight is 324 g/mol. The van der Waals surface area contributed by atoms with Crippen molar-refractivity contribution >= 4 is 3.27 Å². The first kappa shape index (κ1) is 7.01. The van der Waals surface area contributed by atoms with Crippen LogP contribution in [-0.4, -0.2) is 4.98 Å². The molecule has 0 N–H and O–H groups in total. The summed E-state index contributed by atoms with van der Waals surface area (Å²) >= 11 is 0.976. The second-order valence-corrected chi connectivity index (χ2v) is 2.89. The predicted molar refractivity (Wildman–Crippen MR) is 23.8 cm³/mol. The molecule has 0 atom stereocenters. The zero-order valence-electron chi connectivity index (χ0n) is 4.24. The van der Waals surface area contributed by atoms with Crippen LogP contribution in [0.25, 0.3) is 0 Å². The van der Waals surface area contributed by atoms with Gasteiger partial charge >= 0.3 is 65.8 Å². The molecule has 9 heavy (non-hydrogen) atoms. The molecular formula is C5H2AtF2N. The molecule has 0 amide bonds. The molecule has 0 aliphatic rings. The van der Waals surface area contributed by atoms with Crippen molar-refractivity contribution in [1.82, 2.24) is 4.98 Å². The Kier molecular flexibility index (Phi) is 2.06. The standard InChI is InChI=1S/C5H2AtF2N/c6-5-3(7)1-9-2-4(5)8/h1-2H. The third kappa shape index (κ3) is 1.42. The van der Waals surface area contributed by atoms with E-state index in [1.165, 1.54) is 0 Å². The van der Waals surface area contributed by atoms with Gasteiger partial charge in [-0.1, -0.05) is 0 Å². The van der Waals surface area contributed by atoms with Crippen molar-refractivity contribution in [3.8, 4) is 0 Å². The Hall–Kier alpha value is -0.107. The van der Waals surface area contributed by atoms with E-state index in [0.29, 0.717) is 0 Å². The first-order valence-electron chi connectivity index (χ1n) is 2.16. The van der Waals surface area contributed by atoms with Crippen LogP contribution in [0, 0.1) is 36.4 Å². The molecule has 0 saturated heterocycles. The van der Waals surface area contributed by atoms with E-state index in [4.69, 9.17) is 0 Å². The molecule has 1 aromatic rings. The zero-order valence-corrected chi connectivity index (χ0v) is 7.17. The SMILES string of the molecule is Fc1cncc(F)c1[At]. The van der Waals surface area contributed by atoms with Crippen molar-refractivity contribution in [2.45, 2.75) is 0 Å². The Morgan fingerprint density at radius 3 is 2.00 bits per heavy atom. The molecule has 0 radical (unpaired) electrons. The quantitative estimate of drug-likeness (QED) is 0.679. The number of nitrogens with zero attached hydrogens (tertiary/aromatic N) is 1. The molecule has 0 aliphatic carbocycles. The minimum absolute atomic E-state index is 0.0741. The van der Waals surface area contributed by atoms with Crippen molar-refractivity contribution in [2.75, 3.05) is 0 Å². The molecule has 1 aromatic heterocycles. The van der Waals surface area contributed by atoms with Crippen LogP contribution in [0.3, 0.4) is 0 Å². The Bertz CT molecular complexity index is 206. The van der Waals surface area contributed by atoms with Crippen LogP contribution in [0.1, 0.15) is 0 Å². The molecule has 0 aromatic carbocycles. The Morgan fingerprint density at radius 2 is 1.67 bits per heavy atom. The number of pyridine rings is 1. The van der Waals surface area contributed by atoms with Gasteiger partial charge in [0.05, 0.1) is 0 Å². The van der Waals surface area contributed by atoms with Gasteiger partial charge in [0.2, 0.25) is 0 Å². The minimum atomic E-state index is -0.577. The van der Waals surface area contributed by atoms with Gasteiger partial charge in [-0.15, -0.1) is 0 Å². The van der Waals surface area contributed by atoms with Gasteiger partial charge in [-0.2, -0.15) is 0 Å². The van der Waals surface area contributed by atoms with Crippen LogP contribution in [0.15, 0.2) is 12.4 Å². The summed E-state index contributed by atoms with van der Waals surface area (Å²) in [6.45, 7) is 0. The van der Waals surface area contributed by atoms with Crippen LogP contribution >= 0.6 is 0 Å². The fourth-order valence-corrected chi connectivity index (χ4v) is 0.775. The van der Waals surface area contributed by atoms with Crippen LogP contribution in [-0.2, 0) is 0 Å². The van der Waals surface area contributed by atoms with E-state index in [1.807, 2.05) is 0 Å². The van der Waals surface area contributed by atoms with Gasteiger partial charge in [0.15, 0.2) is 0 Å². The molecule has 4 heteroatoms. The maximum absolute atomic E-state index is 12.3. The van der Waals surface area contributed by atoms with Crippen molar-refractivity contribution in [2.24, 2.45) is 0 Å². The van der Waals surface area contributed by atoms with Crippen molar-refractivity contribution in [1.29, 1.82) is 0 Å². The van der Waals surface area contributed by atoms with Crippen LogP contribution in [0.4, 0.5) is 8.78 Å². The molecule has 0 bridgehead atoms. The van der Waals surface area contributed by atoms with E-state index in [0.717, 1.165) is 37.1 Å². The van der Waals surface area contributed by atoms with Crippen LogP contribution in [0.2, 0.25) is 0 Å². The molecule has 1 nitrogen and oxygen atoms in total. The van der Waals surface area contributed by atoms with E-state index in [2.05, 4.69) is 4.98 Å². The third-order valence-corrected chi connectivity index (χ3v) is 2.20. The van der Waals surface area contributed by atoms with Crippen molar-refractivity contribution in [3.05, 3.63) is 24.0 Å². The summed E-state index contributed by atoms with van der Waals surface area (Å²) in [5.74, 6) is -1.15. The van der Waals surface area contributed by atoms with Gasteiger partial charge in [-0.25, -0.2) is 0 Å². The second kappa shape index (κ2) is 2.65. The third-order valence-electron chi connectivity index (χ3n) is 0.795. The molecule has 48 valence electrons. The summed E-state index contributed by atoms with van der Waals surface area (Å²) in [6.07, 6.45) is 2.00. The van der Waals surface area contributed by atoms with Gasteiger partial charge in [0.25, 0.3) is 0 Å². The van der Waals surface area contributed by atoms with Crippen LogP contribution < -0.4 is 3.27 Å². The van der Waals surface area contributed by atoms with Gasteiger partial charge in [-0.05, 0) is 0 Å². The number of aromatic nitrogens is 1. The van der Waals surface area contributed by atoms with E-state index in [1.54, 1.807) is 0 Å². The molecule has 0 spiro atoms.